The van der Waals surface area contributed by atoms with E-state index in [0.29, 0.717) is 27.1 Å². The van der Waals surface area contributed by atoms with Crippen molar-refractivity contribution in [2.45, 2.75) is 18.9 Å². The molecule has 3 heterocycles. The van der Waals surface area contributed by atoms with Crippen molar-refractivity contribution in [3.8, 4) is 11.1 Å². The van der Waals surface area contributed by atoms with Crippen LogP contribution in [0.15, 0.2) is 61.5 Å². The van der Waals surface area contributed by atoms with Gasteiger partial charge in [-0.1, -0.05) is 23.7 Å². The second-order valence-electron chi connectivity index (χ2n) is 7.23. The first-order valence-electron chi connectivity index (χ1n) is 9.61. The normalized spacial score (nSPS) is 11.3. The molecule has 0 unspecified atom stereocenters. The number of pyridine rings is 1. The van der Waals surface area contributed by atoms with Crippen LogP contribution in [0.3, 0.4) is 0 Å². The summed E-state index contributed by atoms with van der Waals surface area (Å²) < 4.78 is 8.75. The Morgan fingerprint density at radius 1 is 1.00 bits per heavy atom. The van der Waals surface area contributed by atoms with E-state index >= 15 is 0 Å². The van der Waals surface area contributed by atoms with E-state index in [1.54, 1.807) is 6.07 Å². The molecule has 3 aromatic heterocycles. The van der Waals surface area contributed by atoms with Crippen LogP contribution in [0, 0.1) is 13.8 Å². The molecule has 0 fully saturated rings. The Kier molecular flexibility index (Phi) is 4.99. The number of hydrogen-bond acceptors (Lipinski definition) is 7. The van der Waals surface area contributed by atoms with E-state index in [9.17, 15) is 9.59 Å². The van der Waals surface area contributed by atoms with Crippen molar-refractivity contribution in [1.82, 2.24) is 19.9 Å². The number of aromatic amines is 2. The molecule has 2 aromatic carbocycles. The maximum atomic E-state index is 11.6. The first-order valence-corrected chi connectivity index (χ1v) is 10.8. The SMILES string of the molecule is Cc1nc2cc(-c3ccc(NSc4nc5[nH]c(=O)c(=O)[nH]c5cc4C)cc3Cl)ccc2o1. The maximum absolute atomic E-state index is 11.6. The Hall–Kier alpha value is -3.56. The molecular formula is C22H16ClN5O3S. The molecule has 3 N–H and O–H groups in total. The lowest BCUT2D eigenvalue weighted by atomic mass is 10.0. The topological polar surface area (TPSA) is 117 Å². The number of oxazole rings is 1. The van der Waals surface area contributed by atoms with Gasteiger partial charge in [-0.25, -0.2) is 9.97 Å². The first kappa shape index (κ1) is 20.3. The van der Waals surface area contributed by atoms with Gasteiger partial charge in [0.05, 0.1) is 10.5 Å². The number of aryl methyl sites for hydroxylation is 2. The molecule has 0 aliphatic rings. The van der Waals surface area contributed by atoms with E-state index in [0.717, 1.165) is 33.5 Å². The molecule has 0 saturated heterocycles. The molecular weight excluding hydrogens is 450 g/mol. The Balaban J connectivity index is 1.40. The Bertz CT molecular complexity index is 1620. The molecule has 32 heavy (non-hydrogen) atoms. The summed E-state index contributed by atoms with van der Waals surface area (Å²) in [6.07, 6.45) is 0. The smallest absolute Gasteiger partial charge is 0.315 e. The van der Waals surface area contributed by atoms with E-state index in [-0.39, 0.29) is 0 Å². The summed E-state index contributed by atoms with van der Waals surface area (Å²) in [4.78, 5) is 36.9. The van der Waals surface area contributed by atoms with Gasteiger partial charge in [-0.15, -0.1) is 0 Å². The molecule has 5 aromatic rings. The van der Waals surface area contributed by atoms with Gasteiger partial charge in [-0.05, 0) is 48.4 Å². The van der Waals surface area contributed by atoms with Crippen LogP contribution in [0.4, 0.5) is 5.69 Å². The Morgan fingerprint density at radius 3 is 2.62 bits per heavy atom. The van der Waals surface area contributed by atoms with Crippen LogP contribution in [0.5, 0.6) is 0 Å². The average Bonchev–Trinajstić information content (AvgIpc) is 3.13. The summed E-state index contributed by atoms with van der Waals surface area (Å²) in [6, 6.07) is 13.2. The van der Waals surface area contributed by atoms with Crippen molar-refractivity contribution >= 4 is 51.5 Å². The predicted octanol–water partition coefficient (Wildman–Crippen LogP) is 4.81. The lowest BCUT2D eigenvalue weighted by Gasteiger charge is -2.10. The summed E-state index contributed by atoms with van der Waals surface area (Å²) >= 11 is 7.85. The molecule has 0 radical (unpaired) electrons. The van der Waals surface area contributed by atoms with Crippen molar-refractivity contribution < 1.29 is 4.42 Å². The van der Waals surface area contributed by atoms with Gasteiger partial charge < -0.3 is 19.1 Å². The quantitative estimate of drug-likeness (QED) is 0.257. The highest BCUT2D eigenvalue weighted by Gasteiger charge is 2.11. The van der Waals surface area contributed by atoms with Gasteiger partial charge in [0, 0.05) is 30.1 Å². The summed E-state index contributed by atoms with van der Waals surface area (Å²) in [5.41, 5.74) is 4.33. The van der Waals surface area contributed by atoms with E-state index in [2.05, 4.69) is 24.7 Å². The molecule has 10 heteroatoms. The number of aromatic nitrogens is 4. The number of rotatable bonds is 4. The minimum Gasteiger partial charge on any atom is -0.441 e. The number of anilines is 1. The van der Waals surface area contributed by atoms with Crippen molar-refractivity contribution in [1.29, 1.82) is 0 Å². The fourth-order valence-electron chi connectivity index (χ4n) is 3.36. The summed E-state index contributed by atoms with van der Waals surface area (Å²) in [7, 11) is 0. The van der Waals surface area contributed by atoms with Crippen molar-refractivity contribution in [2.75, 3.05) is 4.72 Å². The second-order valence-corrected chi connectivity index (χ2v) is 8.43. The highest BCUT2D eigenvalue weighted by molar-refractivity contribution is 8.00. The van der Waals surface area contributed by atoms with Gasteiger partial charge in [-0.3, -0.25) is 9.59 Å². The van der Waals surface area contributed by atoms with Crippen LogP contribution in [0.2, 0.25) is 5.02 Å². The molecule has 0 atom stereocenters. The highest BCUT2D eigenvalue weighted by Crippen LogP contribution is 2.33. The lowest BCUT2D eigenvalue weighted by Crippen LogP contribution is -2.29. The number of benzene rings is 2. The molecule has 0 aliphatic heterocycles. The second kappa shape index (κ2) is 7.85. The largest absolute Gasteiger partial charge is 0.441 e. The molecule has 0 aliphatic carbocycles. The maximum Gasteiger partial charge on any atom is 0.315 e. The number of fused-ring (bicyclic) bond motifs is 2. The zero-order chi connectivity index (χ0) is 22.4. The Labute approximate surface area is 190 Å². The van der Waals surface area contributed by atoms with Crippen LogP contribution in [-0.2, 0) is 0 Å². The molecule has 0 saturated carbocycles. The van der Waals surface area contributed by atoms with E-state index < -0.39 is 11.1 Å². The van der Waals surface area contributed by atoms with Gasteiger partial charge in [-0.2, -0.15) is 0 Å². The van der Waals surface area contributed by atoms with Crippen LogP contribution in [0.1, 0.15) is 11.5 Å². The third-order valence-electron chi connectivity index (χ3n) is 4.89. The van der Waals surface area contributed by atoms with Crippen LogP contribution in [-0.4, -0.2) is 19.9 Å². The van der Waals surface area contributed by atoms with E-state index in [1.165, 1.54) is 11.9 Å². The summed E-state index contributed by atoms with van der Waals surface area (Å²) in [6.45, 7) is 3.69. The van der Waals surface area contributed by atoms with Gasteiger partial charge in [0.25, 0.3) is 0 Å². The van der Waals surface area contributed by atoms with Crippen LogP contribution >= 0.6 is 23.5 Å². The molecule has 0 bridgehead atoms. The van der Waals surface area contributed by atoms with Crippen LogP contribution < -0.4 is 15.8 Å². The van der Waals surface area contributed by atoms with E-state index in [1.807, 2.05) is 50.2 Å². The van der Waals surface area contributed by atoms with Crippen molar-refractivity contribution in [2.24, 2.45) is 0 Å². The van der Waals surface area contributed by atoms with Gasteiger partial charge in [0.15, 0.2) is 17.1 Å². The zero-order valence-electron chi connectivity index (χ0n) is 16.9. The minimum atomic E-state index is -0.737. The number of H-pyrrole nitrogens is 2. The van der Waals surface area contributed by atoms with E-state index in [4.69, 9.17) is 16.0 Å². The predicted molar refractivity (Wildman–Crippen MR) is 126 cm³/mol. The molecule has 160 valence electrons. The van der Waals surface area contributed by atoms with Crippen molar-refractivity contribution in [3.05, 3.63) is 79.6 Å². The molecule has 5 rings (SSSR count). The summed E-state index contributed by atoms with van der Waals surface area (Å²) in [5.74, 6) is 0.618. The molecule has 0 amide bonds. The van der Waals surface area contributed by atoms with Gasteiger partial charge in [0.1, 0.15) is 10.5 Å². The minimum absolute atomic E-state index is 0.316. The monoisotopic (exact) mass is 465 g/mol. The highest BCUT2D eigenvalue weighted by atomic mass is 35.5. The third-order valence-corrected chi connectivity index (χ3v) is 6.15. The standard InChI is InChI=1S/C22H16ClN5O3S/c1-10-7-17-19(26-21(30)20(29)25-17)27-22(10)32-28-13-4-5-14(15(23)9-13)12-3-6-18-16(8-12)24-11(2)31-18/h3-9,28H,1-2H3,(H,25,29)(H,26,27,30). The molecule has 8 nitrogen and oxygen atoms in total. The van der Waals surface area contributed by atoms with Gasteiger partial charge >= 0.3 is 11.1 Å². The summed E-state index contributed by atoms with van der Waals surface area (Å²) in [5, 5.41) is 1.24. The number of nitrogens with zero attached hydrogens (tertiary/aromatic N) is 2. The fourth-order valence-corrected chi connectivity index (χ4v) is 4.35. The average molecular weight is 466 g/mol. The van der Waals surface area contributed by atoms with Crippen LogP contribution in [0.25, 0.3) is 33.4 Å². The Morgan fingerprint density at radius 2 is 1.81 bits per heavy atom. The number of nitrogens with one attached hydrogen (secondary N) is 3. The van der Waals surface area contributed by atoms with Crippen molar-refractivity contribution in [3.63, 3.8) is 0 Å². The number of halogens is 1. The third kappa shape index (κ3) is 3.76. The molecule has 0 spiro atoms. The number of hydrogen-bond donors (Lipinski definition) is 3. The lowest BCUT2D eigenvalue weighted by molar-refractivity contribution is 0.561. The fraction of sp³-hybridized carbons (Fsp3) is 0.0909. The zero-order valence-corrected chi connectivity index (χ0v) is 18.5. The van der Waals surface area contributed by atoms with Gasteiger partial charge in [0.2, 0.25) is 0 Å². The first-order chi connectivity index (χ1) is 15.4.